The molecule has 12 nitrogen and oxygen atoms in total. The molecule has 0 saturated carbocycles. The SMILES string of the molecule is CCC(C)C(N)C(=O)O.NC(=O)NCCCC(N)C(=O)O.NC(Cc1ccccc1)C(=O)O. The molecule has 0 aromatic heterocycles. The van der Waals surface area contributed by atoms with Gasteiger partial charge in [0, 0.05) is 6.54 Å². The second kappa shape index (κ2) is 18.4. The predicted octanol–water partition coefficient (Wildman–Crippen LogP) is -0.0678. The van der Waals surface area contributed by atoms with Crippen LogP contribution in [0.5, 0.6) is 0 Å². The highest BCUT2D eigenvalue weighted by atomic mass is 16.4. The Morgan fingerprint density at radius 1 is 0.909 bits per heavy atom. The van der Waals surface area contributed by atoms with Gasteiger partial charge in [-0.1, -0.05) is 50.6 Å². The minimum absolute atomic E-state index is 0.0718. The van der Waals surface area contributed by atoms with Crippen LogP contribution in [0.1, 0.15) is 38.7 Å². The number of nitrogens with two attached hydrogens (primary N) is 4. The largest absolute Gasteiger partial charge is 0.480 e. The number of primary amides is 1. The van der Waals surface area contributed by atoms with Gasteiger partial charge in [-0.2, -0.15) is 0 Å². The van der Waals surface area contributed by atoms with E-state index in [0.717, 1.165) is 12.0 Å². The van der Waals surface area contributed by atoms with E-state index in [1.165, 1.54) is 0 Å². The van der Waals surface area contributed by atoms with Crippen LogP contribution < -0.4 is 28.3 Å². The Hall–Kier alpha value is -3.22. The molecule has 12 N–H and O–H groups in total. The molecule has 4 atom stereocenters. The van der Waals surface area contributed by atoms with Crippen LogP contribution in [-0.2, 0) is 20.8 Å². The van der Waals surface area contributed by atoms with E-state index in [4.69, 9.17) is 38.3 Å². The smallest absolute Gasteiger partial charge is 0.320 e. The van der Waals surface area contributed by atoms with E-state index in [0.29, 0.717) is 25.8 Å². The van der Waals surface area contributed by atoms with E-state index in [1.54, 1.807) is 0 Å². The van der Waals surface area contributed by atoms with Crippen molar-refractivity contribution in [2.45, 2.75) is 57.7 Å². The molecule has 0 saturated heterocycles. The van der Waals surface area contributed by atoms with E-state index in [2.05, 4.69) is 5.32 Å². The molecule has 188 valence electrons. The van der Waals surface area contributed by atoms with E-state index >= 15 is 0 Å². The maximum Gasteiger partial charge on any atom is 0.320 e. The zero-order valence-electron chi connectivity index (χ0n) is 19.0. The maximum atomic E-state index is 10.4. The van der Waals surface area contributed by atoms with Crippen molar-refractivity contribution in [2.24, 2.45) is 28.9 Å². The lowest BCUT2D eigenvalue weighted by atomic mass is 10.0. The first-order chi connectivity index (χ1) is 15.3. The van der Waals surface area contributed by atoms with Crippen LogP contribution in [0.25, 0.3) is 0 Å². The number of carboxylic acids is 3. The van der Waals surface area contributed by atoms with Gasteiger partial charge in [-0.3, -0.25) is 14.4 Å². The molecule has 33 heavy (non-hydrogen) atoms. The second-order valence-corrected chi connectivity index (χ2v) is 7.26. The minimum Gasteiger partial charge on any atom is -0.480 e. The first kappa shape index (κ1) is 32.0. The third kappa shape index (κ3) is 18.1. The lowest BCUT2D eigenvalue weighted by Crippen LogP contribution is -2.36. The van der Waals surface area contributed by atoms with Crippen molar-refractivity contribution >= 4 is 23.9 Å². The van der Waals surface area contributed by atoms with Gasteiger partial charge in [-0.05, 0) is 30.7 Å². The van der Waals surface area contributed by atoms with Crippen molar-refractivity contribution in [3.05, 3.63) is 35.9 Å². The molecule has 0 aliphatic carbocycles. The first-order valence-corrected chi connectivity index (χ1v) is 10.4. The molecule has 4 unspecified atom stereocenters. The number of rotatable bonds is 11. The zero-order valence-corrected chi connectivity index (χ0v) is 19.0. The summed E-state index contributed by atoms with van der Waals surface area (Å²) in [5, 5.41) is 27.6. The zero-order chi connectivity index (χ0) is 26.0. The Labute approximate surface area is 193 Å². The van der Waals surface area contributed by atoms with Gasteiger partial charge in [0.2, 0.25) is 0 Å². The summed E-state index contributed by atoms with van der Waals surface area (Å²) in [6.45, 7) is 4.11. The Morgan fingerprint density at radius 2 is 1.42 bits per heavy atom. The van der Waals surface area contributed by atoms with Gasteiger partial charge in [0.1, 0.15) is 18.1 Å². The fourth-order valence-electron chi connectivity index (χ4n) is 2.11. The van der Waals surface area contributed by atoms with Crippen molar-refractivity contribution in [1.29, 1.82) is 0 Å². The molecule has 0 aliphatic heterocycles. The Bertz CT molecular complexity index is 718. The average molecular weight is 472 g/mol. The molecule has 0 radical (unpaired) electrons. The number of hydrogen-bond acceptors (Lipinski definition) is 7. The maximum absolute atomic E-state index is 10.4. The van der Waals surface area contributed by atoms with E-state index in [-0.39, 0.29) is 5.92 Å². The second-order valence-electron chi connectivity index (χ2n) is 7.26. The quantitative estimate of drug-likeness (QED) is 0.199. The average Bonchev–Trinajstić information content (AvgIpc) is 2.76. The van der Waals surface area contributed by atoms with Crippen LogP contribution in [0.4, 0.5) is 4.79 Å². The van der Waals surface area contributed by atoms with Crippen LogP contribution in [0.3, 0.4) is 0 Å². The topological polar surface area (TPSA) is 245 Å². The summed E-state index contributed by atoms with van der Waals surface area (Å²) in [6.07, 6.45) is 2.04. The molecule has 1 aromatic carbocycles. The highest BCUT2D eigenvalue weighted by Gasteiger charge is 2.17. The van der Waals surface area contributed by atoms with Crippen LogP contribution in [0, 0.1) is 5.92 Å². The third-order valence-electron chi connectivity index (χ3n) is 4.47. The normalized spacial score (nSPS) is 13.5. The van der Waals surface area contributed by atoms with Gasteiger partial charge in [0.15, 0.2) is 0 Å². The summed E-state index contributed by atoms with van der Waals surface area (Å²) >= 11 is 0. The monoisotopic (exact) mass is 471 g/mol. The molecule has 0 fully saturated rings. The number of carbonyl (C=O) groups is 4. The third-order valence-corrected chi connectivity index (χ3v) is 4.47. The number of benzene rings is 1. The predicted molar refractivity (Wildman–Crippen MR) is 123 cm³/mol. The van der Waals surface area contributed by atoms with Crippen LogP contribution in [0.15, 0.2) is 30.3 Å². The van der Waals surface area contributed by atoms with Crippen LogP contribution in [-0.4, -0.2) is 63.9 Å². The fourth-order valence-corrected chi connectivity index (χ4v) is 2.11. The summed E-state index contributed by atoms with van der Waals surface area (Å²) in [6, 6.07) is 6.37. The Balaban J connectivity index is 0. The number of nitrogens with one attached hydrogen (secondary N) is 1. The first-order valence-electron chi connectivity index (χ1n) is 10.4. The van der Waals surface area contributed by atoms with Crippen molar-refractivity contribution in [3.63, 3.8) is 0 Å². The molecule has 1 aromatic rings. The van der Waals surface area contributed by atoms with E-state index < -0.39 is 42.1 Å². The number of urea groups is 1. The number of amides is 2. The van der Waals surface area contributed by atoms with Gasteiger partial charge >= 0.3 is 23.9 Å². The molecule has 0 bridgehead atoms. The van der Waals surface area contributed by atoms with Gasteiger partial charge in [0.25, 0.3) is 0 Å². The standard InChI is InChI=1S/C9H11NO2.C6H13N3O3.C6H13NO2/c10-8(9(11)12)6-7-4-2-1-3-5-7;7-4(5(10)11)2-1-3-9-6(8)12;1-3-4(2)5(7)6(8)9/h1-5,8H,6,10H2,(H,11,12);4H,1-3,7H2,(H,10,11)(H3,8,9,12);4-5H,3,7H2,1-2H3,(H,8,9). The summed E-state index contributed by atoms with van der Waals surface area (Å²) in [5.74, 6) is -2.83. The fraction of sp³-hybridized carbons (Fsp3) is 0.524. The number of carboxylic acid groups (broad SMARTS) is 3. The summed E-state index contributed by atoms with van der Waals surface area (Å²) < 4.78 is 0. The highest BCUT2D eigenvalue weighted by molar-refractivity contribution is 5.74. The molecule has 0 heterocycles. The number of carbonyl (C=O) groups excluding carboxylic acids is 1. The molecule has 0 spiro atoms. The highest BCUT2D eigenvalue weighted by Crippen LogP contribution is 2.04. The minimum atomic E-state index is -1.03. The molecule has 2 amide bonds. The molecule has 0 aliphatic rings. The van der Waals surface area contributed by atoms with E-state index in [9.17, 15) is 19.2 Å². The lowest BCUT2D eigenvalue weighted by Gasteiger charge is -2.11. The summed E-state index contributed by atoms with van der Waals surface area (Å²) in [7, 11) is 0. The number of hydrogen-bond donors (Lipinski definition) is 8. The molecule has 1 rings (SSSR count). The lowest BCUT2D eigenvalue weighted by molar-refractivity contribution is -0.140. The van der Waals surface area contributed by atoms with Crippen LogP contribution >= 0.6 is 0 Å². The molecule has 12 heteroatoms. The number of aliphatic carboxylic acids is 3. The molecular weight excluding hydrogens is 434 g/mol. The van der Waals surface area contributed by atoms with Gasteiger partial charge in [-0.25, -0.2) is 4.79 Å². The van der Waals surface area contributed by atoms with Gasteiger partial charge < -0.3 is 43.6 Å². The summed E-state index contributed by atoms with van der Waals surface area (Å²) in [4.78, 5) is 40.9. The Kier molecular flexibility index (Phi) is 17.8. The van der Waals surface area contributed by atoms with Crippen LogP contribution in [0.2, 0.25) is 0 Å². The van der Waals surface area contributed by atoms with Crippen molar-refractivity contribution in [1.82, 2.24) is 5.32 Å². The van der Waals surface area contributed by atoms with Gasteiger partial charge in [0.05, 0.1) is 0 Å². The van der Waals surface area contributed by atoms with E-state index in [1.807, 2.05) is 44.2 Å². The summed E-state index contributed by atoms with van der Waals surface area (Å²) in [5.41, 5.74) is 21.5. The van der Waals surface area contributed by atoms with Crippen molar-refractivity contribution in [3.8, 4) is 0 Å². The van der Waals surface area contributed by atoms with Crippen molar-refractivity contribution < 1.29 is 34.5 Å². The Morgan fingerprint density at radius 3 is 1.79 bits per heavy atom. The van der Waals surface area contributed by atoms with Crippen molar-refractivity contribution in [2.75, 3.05) is 6.54 Å². The molecular formula is C21H37N5O7. The van der Waals surface area contributed by atoms with Gasteiger partial charge in [-0.15, -0.1) is 0 Å².